The average Bonchev–Trinajstić information content (AvgIpc) is 3.08. The Balaban J connectivity index is 1.68. The fourth-order valence-corrected chi connectivity index (χ4v) is 3.96. The van der Waals surface area contributed by atoms with Gasteiger partial charge in [0.2, 0.25) is 5.91 Å². The first-order chi connectivity index (χ1) is 10.5. The summed E-state index contributed by atoms with van der Waals surface area (Å²) in [6.07, 6.45) is 4.55. The molecule has 0 bridgehead atoms. The van der Waals surface area contributed by atoms with Gasteiger partial charge in [-0.15, -0.1) is 11.3 Å². The van der Waals surface area contributed by atoms with Gasteiger partial charge in [0.25, 0.3) is 0 Å². The summed E-state index contributed by atoms with van der Waals surface area (Å²) in [5, 5.41) is 8.30. The predicted molar refractivity (Wildman–Crippen MR) is 87.2 cm³/mol. The van der Waals surface area contributed by atoms with Crippen molar-refractivity contribution in [3.63, 3.8) is 0 Å². The quantitative estimate of drug-likeness (QED) is 0.946. The summed E-state index contributed by atoms with van der Waals surface area (Å²) in [5.41, 5.74) is 2.96. The summed E-state index contributed by atoms with van der Waals surface area (Å²) < 4.78 is 0. The van der Waals surface area contributed by atoms with E-state index in [9.17, 15) is 4.79 Å². The summed E-state index contributed by atoms with van der Waals surface area (Å²) in [7, 11) is 0. The van der Waals surface area contributed by atoms with Crippen LogP contribution < -0.4 is 0 Å². The van der Waals surface area contributed by atoms with Crippen molar-refractivity contribution in [2.75, 3.05) is 13.1 Å². The summed E-state index contributed by atoms with van der Waals surface area (Å²) in [5.74, 6) is 0.591. The molecule has 0 aromatic carbocycles. The number of piperidine rings is 1. The van der Waals surface area contributed by atoms with Crippen molar-refractivity contribution in [3.8, 4) is 0 Å². The molecule has 2 aromatic heterocycles. The van der Waals surface area contributed by atoms with E-state index in [1.807, 2.05) is 24.9 Å². The molecule has 3 rings (SSSR count). The summed E-state index contributed by atoms with van der Waals surface area (Å²) >= 11 is 1.75. The second kappa shape index (κ2) is 6.20. The number of amides is 1. The molecule has 0 spiro atoms. The van der Waals surface area contributed by atoms with Crippen LogP contribution in [-0.4, -0.2) is 39.1 Å². The Hall–Kier alpha value is -1.69. The number of hydrogen-bond donors (Lipinski definition) is 1. The predicted octanol–water partition coefficient (Wildman–Crippen LogP) is 2.74. The topological polar surface area (TPSA) is 61.9 Å². The van der Waals surface area contributed by atoms with Gasteiger partial charge in [-0.2, -0.15) is 5.10 Å². The van der Waals surface area contributed by atoms with Crippen molar-refractivity contribution in [1.82, 2.24) is 20.1 Å². The number of aryl methyl sites for hydroxylation is 3. The van der Waals surface area contributed by atoms with Crippen LogP contribution in [0.4, 0.5) is 0 Å². The fraction of sp³-hybridized carbons (Fsp3) is 0.562. The maximum atomic E-state index is 12.6. The van der Waals surface area contributed by atoms with E-state index in [1.54, 1.807) is 11.3 Å². The zero-order valence-electron chi connectivity index (χ0n) is 13.3. The molecule has 1 amide bonds. The van der Waals surface area contributed by atoms with Crippen LogP contribution in [0.5, 0.6) is 0 Å². The number of aromatic amines is 1. The lowest BCUT2D eigenvalue weighted by molar-refractivity contribution is -0.131. The highest BCUT2D eigenvalue weighted by Crippen LogP contribution is 2.30. The minimum absolute atomic E-state index is 0.200. The van der Waals surface area contributed by atoms with Crippen LogP contribution in [0.2, 0.25) is 0 Å². The molecule has 0 saturated carbocycles. The van der Waals surface area contributed by atoms with Crippen molar-refractivity contribution in [1.29, 1.82) is 0 Å². The van der Waals surface area contributed by atoms with E-state index in [4.69, 9.17) is 0 Å². The third kappa shape index (κ3) is 3.06. The van der Waals surface area contributed by atoms with Gasteiger partial charge in [0, 0.05) is 41.3 Å². The Morgan fingerprint density at radius 2 is 2.27 bits per heavy atom. The Bertz CT molecular complexity index is 656. The molecule has 1 unspecified atom stereocenters. The van der Waals surface area contributed by atoms with Gasteiger partial charge in [-0.1, -0.05) is 0 Å². The first-order valence-corrected chi connectivity index (χ1v) is 8.56. The van der Waals surface area contributed by atoms with Gasteiger partial charge < -0.3 is 4.90 Å². The van der Waals surface area contributed by atoms with E-state index in [1.165, 1.54) is 9.88 Å². The summed E-state index contributed by atoms with van der Waals surface area (Å²) in [6, 6.07) is 0. The lowest BCUT2D eigenvalue weighted by atomic mass is 9.98. The van der Waals surface area contributed by atoms with E-state index in [0.717, 1.165) is 42.9 Å². The third-order valence-electron chi connectivity index (χ3n) is 4.37. The van der Waals surface area contributed by atoms with Crippen LogP contribution in [0.25, 0.3) is 0 Å². The second-order valence-corrected chi connectivity index (χ2v) is 7.34. The van der Waals surface area contributed by atoms with E-state index in [-0.39, 0.29) is 5.91 Å². The standard InChI is InChI=1S/C16H22N4OS/c1-10-8-17-16(22-10)13-5-4-6-20(9-13)15(21)7-14-11(2)18-19-12(14)3/h8,13H,4-7,9H2,1-3H3,(H,18,19). The molecule has 0 aliphatic carbocycles. The molecule has 1 fully saturated rings. The SMILES string of the molecule is Cc1cnc(C2CCCN(C(=O)Cc3c(C)n[nH]c3C)C2)s1. The fourth-order valence-electron chi connectivity index (χ4n) is 3.06. The highest BCUT2D eigenvalue weighted by molar-refractivity contribution is 7.11. The van der Waals surface area contributed by atoms with Gasteiger partial charge in [-0.3, -0.25) is 9.89 Å². The number of likely N-dealkylation sites (tertiary alicyclic amines) is 1. The number of nitrogens with one attached hydrogen (secondary N) is 1. The highest BCUT2D eigenvalue weighted by Gasteiger charge is 2.27. The molecule has 1 N–H and O–H groups in total. The number of carbonyl (C=O) groups excluding carboxylic acids is 1. The van der Waals surface area contributed by atoms with Crippen molar-refractivity contribution < 1.29 is 4.79 Å². The molecule has 1 aliphatic heterocycles. The molecule has 118 valence electrons. The van der Waals surface area contributed by atoms with Gasteiger partial charge in [-0.05, 0) is 33.6 Å². The van der Waals surface area contributed by atoms with Gasteiger partial charge >= 0.3 is 0 Å². The highest BCUT2D eigenvalue weighted by atomic mass is 32.1. The molecule has 3 heterocycles. The first kappa shape index (κ1) is 15.2. The maximum absolute atomic E-state index is 12.6. The molecule has 1 aliphatic rings. The molecule has 1 atom stereocenters. The van der Waals surface area contributed by atoms with Crippen molar-refractivity contribution in [2.45, 2.75) is 46.0 Å². The number of rotatable bonds is 3. The van der Waals surface area contributed by atoms with Crippen molar-refractivity contribution in [3.05, 3.63) is 33.0 Å². The van der Waals surface area contributed by atoms with Gasteiger partial charge in [0.15, 0.2) is 0 Å². The number of H-pyrrole nitrogens is 1. The van der Waals surface area contributed by atoms with Crippen LogP contribution in [0.15, 0.2) is 6.20 Å². The minimum atomic E-state index is 0.200. The van der Waals surface area contributed by atoms with E-state index < -0.39 is 0 Å². The van der Waals surface area contributed by atoms with E-state index in [2.05, 4.69) is 22.1 Å². The molecule has 0 radical (unpaired) electrons. The molecule has 1 saturated heterocycles. The van der Waals surface area contributed by atoms with Gasteiger partial charge in [-0.25, -0.2) is 4.98 Å². The zero-order chi connectivity index (χ0) is 15.7. The molecular weight excluding hydrogens is 296 g/mol. The summed E-state index contributed by atoms with van der Waals surface area (Å²) in [4.78, 5) is 20.4. The smallest absolute Gasteiger partial charge is 0.227 e. The Labute approximate surface area is 134 Å². The Kier molecular flexibility index (Phi) is 4.29. The van der Waals surface area contributed by atoms with Crippen LogP contribution in [0.1, 0.15) is 45.6 Å². The monoisotopic (exact) mass is 318 g/mol. The van der Waals surface area contributed by atoms with Crippen LogP contribution >= 0.6 is 11.3 Å². The number of carbonyl (C=O) groups is 1. The minimum Gasteiger partial charge on any atom is -0.342 e. The Morgan fingerprint density at radius 3 is 2.91 bits per heavy atom. The zero-order valence-corrected chi connectivity index (χ0v) is 14.2. The number of hydrogen-bond acceptors (Lipinski definition) is 4. The molecule has 2 aromatic rings. The van der Waals surface area contributed by atoms with Gasteiger partial charge in [0.05, 0.1) is 17.1 Å². The largest absolute Gasteiger partial charge is 0.342 e. The maximum Gasteiger partial charge on any atom is 0.227 e. The Morgan fingerprint density at radius 1 is 1.45 bits per heavy atom. The van der Waals surface area contributed by atoms with E-state index in [0.29, 0.717) is 12.3 Å². The first-order valence-electron chi connectivity index (χ1n) is 7.75. The lowest BCUT2D eigenvalue weighted by Crippen LogP contribution is -2.40. The van der Waals surface area contributed by atoms with Crippen LogP contribution in [0, 0.1) is 20.8 Å². The second-order valence-electron chi connectivity index (χ2n) is 6.08. The molecule has 22 heavy (non-hydrogen) atoms. The van der Waals surface area contributed by atoms with Crippen LogP contribution in [-0.2, 0) is 11.2 Å². The number of aromatic nitrogens is 3. The molecule has 5 nitrogen and oxygen atoms in total. The lowest BCUT2D eigenvalue weighted by Gasteiger charge is -2.32. The molecule has 6 heteroatoms. The van der Waals surface area contributed by atoms with Crippen molar-refractivity contribution in [2.24, 2.45) is 0 Å². The van der Waals surface area contributed by atoms with Crippen molar-refractivity contribution >= 4 is 17.2 Å². The third-order valence-corrected chi connectivity index (χ3v) is 5.45. The number of nitrogens with zero attached hydrogens (tertiary/aromatic N) is 3. The average molecular weight is 318 g/mol. The van der Waals surface area contributed by atoms with E-state index >= 15 is 0 Å². The molecular formula is C16H22N4OS. The summed E-state index contributed by atoms with van der Waals surface area (Å²) in [6.45, 7) is 7.65. The number of thiazole rings is 1. The van der Waals surface area contributed by atoms with Gasteiger partial charge in [0.1, 0.15) is 0 Å². The normalized spacial score (nSPS) is 18.7. The van der Waals surface area contributed by atoms with Crippen LogP contribution in [0.3, 0.4) is 0 Å².